The van der Waals surface area contributed by atoms with E-state index in [-0.39, 0.29) is 5.91 Å². The third kappa shape index (κ3) is 3.02. The fraction of sp³-hybridized carbons (Fsp3) is 0.429. The molecule has 1 amide bonds. The Kier molecular flexibility index (Phi) is 5.22. The van der Waals surface area contributed by atoms with Crippen LogP contribution < -0.4 is 5.32 Å². The Morgan fingerprint density at radius 2 is 1.95 bits per heavy atom. The highest BCUT2D eigenvalue weighted by atomic mass is 35.5. The van der Waals surface area contributed by atoms with Gasteiger partial charge in [0.15, 0.2) is 0 Å². The van der Waals surface area contributed by atoms with Crippen LogP contribution in [0, 0.1) is 23.7 Å². The molecule has 1 rings (SSSR count). The lowest BCUT2D eigenvalue weighted by Crippen LogP contribution is -2.34. The molecule has 0 unspecified atom stereocenters. The first-order chi connectivity index (χ1) is 8.91. The van der Waals surface area contributed by atoms with Gasteiger partial charge in [0.1, 0.15) is 5.41 Å². The highest BCUT2D eigenvalue weighted by Crippen LogP contribution is 2.35. The van der Waals surface area contributed by atoms with Crippen molar-refractivity contribution in [3.63, 3.8) is 0 Å². The van der Waals surface area contributed by atoms with Crippen LogP contribution in [0.3, 0.4) is 0 Å². The van der Waals surface area contributed by atoms with Crippen LogP contribution >= 0.6 is 23.2 Å². The first kappa shape index (κ1) is 15.8. The van der Waals surface area contributed by atoms with E-state index in [0.717, 1.165) is 5.56 Å². The highest BCUT2D eigenvalue weighted by molar-refractivity contribution is 6.40. The number of benzene rings is 1. The number of hydrogen-bond donors (Lipinski definition) is 1. The van der Waals surface area contributed by atoms with Gasteiger partial charge in [-0.1, -0.05) is 43.1 Å². The van der Waals surface area contributed by atoms with Gasteiger partial charge in [-0.05, 0) is 31.4 Å². The van der Waals surface area contributed by atoms with E-state index in [0.29, 0.717) is 28.6 Å². The van der Waals surface area contributed by atoms with Crippen LogP contribution in [0.5, 0.6) is 0 Å². The van der Waals surface area contributed by atoms with Crippen LogP contribution in [-0.2, 0) is 4.79 Å². The Labute approximate surface area is 123 Å². The van der Waals surface area contributed by atoms with E-state index >= 15 is 0 Å². The number of aryl methyl sites for hydroxylation is 1. The first-order valence-electron chi connectivity index (χ1n) is 6.09. The van der Waals surface area contributed by atoms with E-state index in [1.165, 1.54) is 0 Å². The molecule has 1 aromatic carbocycles. The van der Waals surface area contributed by atoms with Gasteiger partial charge in [0.2, 0.25) is 5.91 Å². The van der Waals surface area contributed by atoms with Crippen LogP contribution in [0.2, 0.25) is 10.0 Å². The molecule has 0 bridgehead atoms. The third-order valence-electron chi connectivity index (χ3n) is 3.38. The molecule has 0 atom stereocenters. The predicted octanol–water partition coefficient (Wildman–Crippen LogP) is 4.57. The van der Waals surface area contributed by atoms with Gasteiger partial charge in [0, 0.05) is 0 Å². The van der Waals surface area contributed by atoms with Gasteiger partial charge in [0.05, 0.1) is 21.8 Å². The number of nitriles is 1. The number of carbonyl (C=O) groups excluding carboxylic acids is 1. The molecule has 0 aromatic heterocycles. The predicted molar refractivity (Wildman–Crippen MR) is 78.5 cm³/mol. The van der Waals surface area contributed by atoms with Crippen LogP contribution in [0.15, 0.2) is 12.1 Å². The van der Waals surface area contributed by atoms with Gasteiger partial charge in [-0.3, -0.25) is 4.79 Å². The van der Waals surface area contributed by atoms with Gasteiger partial charge >= 0.3 is 0 Å². The maximum atomic E-state index is 12.3. The topological polar surface area (TPSA) is 52.9 Å². The summed E-state index contributed by atoms with van der Waals surface area (Å²) >= 11 is 12.2. The van der Waals surface area contributed by atoms with E-state index < -0.39 is 5.41 Å². The zero-order valence-electron chi connectivity index (χ0n) is 11.2. The second-order valence-corrected chi connectivity index (χ2v) is 5.19. The Morgan fingerprint density at radius 3 is 2.42 bits per heavy atom. The standard InChI is InChI=1S/C14H16Cl2N2O/c1-4-14(5-2,8-17)13(19)18-12-10(15)7-6-9(3)11(12)16/h6-7H,4-5H2,1-3H3,(H,18,19). The largest absolute Gasteiger partial charge is 0.322 e. The highest BCUT2D eigenvalue weighted by Gasteiger charge is 2.35. The van der Waals surface area contributed by atoms with Crippen molar-refractivity contribution in [1.82, 2.24) is 0 Å². The average Bonchev–Trinajstić information content (AvgIpc) is 2.42. The molecule has 0 aliphatic carbocycles. The molecule has 0 saturated heterocycles. The van der Waals surface area contributed by atoms with E-state index in [9.17, 15) is 10.1 Å². The molecule has 5 heteroatoms. The SMILES string of the molecule is CCC(C#N)(CC)C(=O)Nc1c(Cl)ccc(C)c1Cl. The minimum absolute atomic E-state index is 0.364. The molecule has 1 aromatic rings. The Morgan fingerprint density at radius 1 is 1.37 bits per heavy atom. The number of amides is 1. The van der Waals surface area contributed by atoms with Crippen molar-refractivity contribution in [3.8, 4) is 6.07 Å². The molecule has 19 heavy (non-hydrogen) atoms. The quantitative estimate of drug-likeness (QED) is 0.885. The summed E-state index contributed by atoms with van der Waals surface area (Å²) in [7, 11) is 0. The van der Waals surface area contributed by atoms with Crippen molar-refractivity contribution in [2.45, 2.75) is 33.6 Å². The number of nitrogens with one attached hydrogen (secondary N) is 1. The Bertz CT molecular complexity index is 531. The van der Waals surface area contributed by atoms with Gasteiger partial charge in [-0.15, -0.1) is 0 Å². The van der Waals surface area contributed by atoms with Gasteiger partial charge in [-0.25, -0.2) is 0 Å². The third-order valence-corrected chi connectivity index (χ3v) is 4.18. The molecule has 0 spiro atoms. The number of anilines is 1. The van der Waals surface area contributed by atoms with Crippen LogP contribution in [0.25, 0.3) is 0 Å². The molecule has 1 N–H and O–H groups in total. The van der Waals surface area contributed by atoms with E-state index in [1.54, 1.807) is 12.1 Å². The second-order valence-electron chi connectivity index (χ2n) is 4.41. The van der Waals surface area contributed by atoms with Gasteiger partial charge in [0.25, 0.3) is 0 Å². The molecule has 0 radical (unpaired) electrons. The molecule has 102 valence electrons. The molecular formula is C14H16Cl2N2O. The summed E-state index contributed by atoms with van der Waals surface area (Å²) in [5, 5.41) is 12.7. The molecule has 0 fully saturated rings. The van der Waals surface area contributed by atoms with Crippen molar-refractivity contribution in [3.05, 3.63) is 27.7 Å². The lowest BCUT2D eigenvalue weighted by molar-refractivity contribution is -0.123. The lowest BCUT2D eigenvalue weighted by Gasteiger charge is -2.23. The van der Waals surface area contributed by atoms with Crippen molar-refractivity contribution >= 4 is 34.8 Å². The van der Waals surface area contributed by atoms with Gasteiger partial charge in [-0.2, -0.15) is 5.26 Å². The molecule has 0 aliphatic rings. The van der Waals surface area contributed by atoms with E-state index in [1.807, 2.05) is 20.8 Å². The van der Waals surface area contributed by atoms with Crippen molar-refractivity contribution in [2.24, 2.45) is 5.41 Å². The monoisotopic (exact) mass is 298 g/mol. The fourth-order valence-corrected chi connectivity index (χ4v) is 2.25. The van der Waals surface area contributed by atoms with Crippen molar-refractivity contribution in [1.29, 1.82) is 5.26 Å². The van der Waals surface area contributed by atoms with Crippen LogP contribution in [-0.4, -0.2) is 5.91 Å². The Hall–Kier alpha value is -1.24. The number of carbonyl (C=O) groups is 1. The Balaban J connectivity index is 3.14. The maximum absolute atomic E-state index is 12.3. The first-order valence-corrected chi connectivity index (χ1v) is 6.84. The van der Waals surface area contributed by atoms with Gasteiger partial charge < -0.3 is 5.32 Å². The smallest absolute Gasteiger partial charge is 0.244 e. The number of nitrogens with zero attached hydrogens (tertiary/aromatic N) is 1. The summed E-state index contributed by atoms with van der Waals surface area (Å²) in [6.45, 7) is 5.45. The molecule has 0 saturated carbocycles. The molecular weight excluding hydrogens is 283 g/mol. The normalized spacial score (nSPS) is 10.9. The summed E-state index contributed by atoms with van der Waals surface area (Å²) in [6.07, 6.45) is 0.875. The minimum atomic E-state index is -1.05. The summed E-state index contributed by atoms with van der Waals surface area (Å²) in [6, 6.07) is 5.54. The molecule has 0 heterocycles. The zero-order valence-corrected chi connectivity index (χ0v) is 12.7. The number of hydrogen-bond acceptors (Lipinski definition) is 2. The number of halogens is 2. The van der Waals surface area contributed by atoms with Crippen LogP contribution in [0.1, 0.15) is 32.3 Å². The summed E-state index contributed by atoms with van der Waals surface area (Å²) in [4.78, 5) is 12.3. The summed E-state index contributed by atoms with van der Waals surface area (Å²) in [5.74, 6) is -0.366. The van der Waals surface area contributed by atoms with Crippen molar-refractivity contribution in [2.75, 3.05) is 5.32 Å². The maximum Gasteiger partial charge on any atom is 0.244 e. The summed E-state index contributed by atoms with van der Waals surface area (Å²) in [5.41, 5.74) is 0.142. The molecule has 0 aliphatic heterocycles. The fourth-order valence-electron chi connectivity index (χ4n) is 1.78. The zero-order chi connectivity index (χ0) is 14.6. The lowest BCUT2D eigenvalue weighted by atomic mass is 9.83. The summed E-state index contributed by atoms with van der Waals surface area (Å²) < 4.78 is 0. The number of rotatable bonds is 4. The van der Waals surface area contributed by atoms with Crippen molar-refractivity contribution < 1.29 is 4.79 Å². The van der Waals surface area contributed by atoms with E-state index in [2.05, 4.69) is 11.4 Å². The average molecular weight is 299 g/mol. The van der Waals surface area contributed by atoms with E-state index in [4.69, 9.17) is 23.2 Å². The second kappa shape index (κ2) is 6.27. The molecule has 3 nitrogen and oxygen atoms in total. The van der Waals surface area contributed by atoms with Crippen LogP contribution in [0.4, 0.5) is 5.69 Å². The minimum Gasteiger partial charge on any atom is -0.322 e.